The molecular weight excluding hydrogens is 613 g/mol. The molecule has 0 aliphatic heterocycles. The lowest BCUT2D eigenvalue weighted by atomic mass is 9.90. The molecule has 6 nitrogen and oxygen atoms in total. The van der Waals surface area contributed by atoms with E-state index in [-0.39, 0.29) is 0 Å². The molecule has 0 aliphatic carbocycles. The van der Waals surface area contributed by atoms with Crippen LogP contribution in [-0.4, -0.2) is 29.9 Å². The van der Waals surface area contributed by atoms with Gasteiger partial charge in [0.1, 0.15) is 0 Å². The molecule has 0 atom stereocenters. The maximum Gasteiger partial charge on any atom is 0.165 e. The molecule has 0 saturated carbocycles. The van der Waals surface area contributed by atoms with E-state index in [2.05, 4.69) is 48.5 Å². The number of aromatic nitrogens is 6. The van der Waals surface area contributed by atoms with Gasteiger partial charge in [-0.1, -0.05) is 170 Å². The van der Waals surface area contributed by atoms with Crippen molar-refractivity contribution >= 4 is 21.5 Å². The molecule has 0 saturated heterocycles. The van der Waals surface area contributed by atoms with Gasteiger partial charge in [0.2, 0.25) is 0 Å². The van der Waals surface area contributed by atoms with E-state index in [1.54, 1.807) is 0 Å². The minimum Gasteiger partial charge on any atom is -0.208 e. The van der Waals surface area contributed by atoms with E-state index < -0.39 is 0 Å². The van der Waals surface area contributed by atoms with Gasteiger partial charge in [-0.15, -0.1) is 0 Å². The quantitative estimate of drug-likeness (QED) is 0.168. The van der Waals surface area contributed by atoms with Crippen LogP contribution in [0.2, 0.25) is 0 Å². The number of hydrogen-bond acceptors (Lipinski definition) is 6. The van der Waals surface area contributed by atoms with Crippen molar-refractivity contribution in [1.29, 1.82) is 0 Å². The zero-order valence-electron chi connectivity index (χ0n) is 26.8. The molecule has 0 N–H and O–H groups in total. The Morgan fingerprint density at radius 3 is 0.700 bits per heavy atom. The largest absolute Gasteiger partial charge is 0.208 e. The Hall–Kier alpha value is -6.92. The van der Waals surface area contributed by atoms with Gasteiger partial charge in [0, 0.05) is 33.4 Å². The summed E-state index contributed by atoms with van der Waals surface area (Å²) in [6.07, 6.45) is 0. The molecule has 0 amide bonds. The average molecular weight is 641 g/mol. The second-order valence-electron chi connectivity index (χ2n) is 11.9. The Labute approximate surface area is 288 Å². The molecule has 9 rings (SSSR count). The molecule has 0 aliphatic rings. The summed E-state index contributed by atoms with van der Waals surface area (Å²) < 4.78 is 0. The fraction of sp³-hybridized carbons (Fsp3) is 0. The summed E-state index contributed by atoms with van der Waals surface area (Å²) in [7, 11) is 0. The molecule has 50 heavy (non-hydrogen) atoms. The fourth-order valence-corrected chi connectivity index (χ4v) is 6.45. The Balaban J connectivity index is 1.42. The number of hydrogen-bond donors (Lipinski definition) is 0. The molecule has 6 heteroatoms. The highest BCUT2D eigenvalue weighted by atomic mass is 15.1. The van der Waals surface area contributed by atoms with Gasteiger partial charge in [0.05, 0.1) is 0 Å². The standard InChI is InChI=1S/C44H28N6/c1-5-17-29(18-6-1)39-45-40(30-19-7-2-8-20-30)48-43(47-39)37-35-27-15-13-25-33(35)34-26-14-16-28-36(34)38(37)44-49-41(31-21-9-3-10-22-31)46-42(50-44)32-23-11-4-12-24-32/h1-28H. The number of nitrogens with zero attached hydrogens (tertiary/aromatic N) is 6. The molecule has 2 aromatic heterocycles. The Kier molecular flexibility index (Phi) is 7.37. The fourth-order valence-electron chi connectivity index (χ4n) is 6.45. The normalized spacial score (nSPS) is 11.2. The van der Waals surface area contributed by atoms with Gasteiger partial charge in [-0.05, 0) is 21.5 Å². The van der Waals surface area contributed by atoms with Crippen LogP contribution in [0.1, 0.15) is 0 Å². The van der Waals surface area contributed by atoms with Gasteiger partial charge in [0.25, 0.3) is 0 Å². The molecule has 7 aromatic carbocycles. The number of fused-ring (bicyclic) bond motifs is 3. The van der Waals surface area contributed by atoms with Crippen LogP contribution in [0.3, 0.4) is 0 Å². The lowest BCUT2D eigenvalue weighted by Gasteiger charge is -2.18. The molecule has 2 heterocycles. The van der Waals surface area contributed by atoms with Crippen molar-refractivity contribution in [2.45, 2.75) is 0 Å². The molecule has 9 aromatic rings. The monoisotopic (exact) mass is 640 g/mol. The Morgan fingerprint density at radius 2 is 0.420 bits per heavy atom. The first kappa shape index (κ1) is 29.2. The zero-order chi connectivity index (χ0) is 33.3. The third-order valence-electron chi connectivity index (χ3n) is 8.78. The molecule has 0 fully saturated rings. The highest BCUT2D eigenvalue weighted by Crippen LogP contribution is 2.43. The molecular formula is C44H28N6. The van der Waals surface area contributed by atoms with Crippen LogP contribution < -0.4 is 0 Å². The van der Waals surface area contributed by atoms with Crippen LogP contribution in [0.15, 0.2) is 170 Å². The van der Waals surface area contributed by atoms with E-state index in [4.69, 9.17) is 29.9 Å². The molecule has 0 radical (unpaired) electrons. The number of rotatable bonds is 6. The molecule has 0 spiro atoms. The summed E-state index contributed by atoms with van der Waals surface area (Å²) in [6, 6.07) is 57.0. The van der Waals surface area contributed by atoms with Crippen LogP contribution in [0, 0.1) is 0 Å². The first-order valence-electron chi connectivity index (χ1n) is 16.5. The van der Waals surface area contributed by atoms with Crippen molar-refractivity contribution in [3.8, 4) is 68.3 Å². The van der Waals surface area contributed by atoms with Gasteiger partial charge >= 0.3 is 0 Å². The van der Waals surface area contributed by atoms with Gasteiger partial charge in [-0.25, -0.2) is 29.9 Å². The van der Waals surface area contributed by atoms with Crippen molar-refractivity contribution in [3.63, 3.8) is 0 Å². The van der Waals surface area contributed by atoms with Crippen LogP contribution in [0.25, 0.3) is 89.9 Å². The average Bonchev–Trinajstić information content (AvgIpc) is 3.21. The first-order chi connectivity index (χ1) is 24.8. The maximum absolute atomic E-state index is 5.21. The molecule has 234 valence electrons. The van der Waals surface area contributed by atoms with Crippen molar-refractivity contribution in [3.05, 3.63) is 170 Å². The van der Waals surface area contributed by atoms with Crippen LogP contribution in [-0.2, 0) is 0 Å². The van der Waals surface area contributed by atoms with E-state index in [0.29, 0.717) is 34.9 Å². The summed E-state index contributed by atoms with van der Waals surface area (Å²) in [5, 5.41) is 4.16. The van der Waals surface area contributed by atoms with Crippen molar-refractivity contribution in [2.24, 2.45) is 0 Å². The van der Waals surface area contributed by atoms with Gasteiger partial charge in [0.15, 0.2) is 34.9 Å². The van der Waals surface area contributed by atoms with E-state index in [1.165, 1.54) is 0 Å². The smallest absolute Gasteiger partial charge is 0.165 e. The van der Waals surface area contributed by atoms with Crippen molar-refractivity contribution < 1.29 is 0 Å². The topological polar surface area (TPSA) is 77.3 Å². The maximum atomic E-state index is 5.21. The van der Waals surface area contributed by atoms with Crippen LogP contribution in [0.5, 0.6) is 0 Å². The lowest BCUT2D eigenvalue weighted by Crippen LogP contribution is -2.05. The van der Waals surface area contributed by atoms with Crippen molar-refractivity contribution in [2.75, 3.05) is 0 Å². The summed E-state index contributed by atoms with van der Waals surface area (Å²) in [6.45, 7) is 0. The summed E-state index contributed by atoms with van der Waals surface area (Å²) in [5.74, 6) is 3.42. The SMILES string of the molecule is c1ccc(-c2nc(-c3ccccc3)nc(-c3c(-c4nc(-c5ccccc5)nc(-c5ccccc5)n4)c4ccccc4c4ccccc34)n2)cc1. The van der Waals surface area contributed by atoms with Crippen LogP contribution in [0.4, 0.5) is 0 Å². The number of benzene rings is 7. The van der Waals surface area contributed by atoms with E-state index >= 15 is 0 Å². The minimum atomic E-state index is 0.539. The molecule has 0 unspecified atom stereocenters. The first-order valence-corrected chi connectivity index (χ1v) is 16.5. The zero-order valence-corrected chi connectivity index (χ0v) is 26.8. The Bertz CT molecular complexity index is 2330. The van der Waals surface area contributed by atoms with E-state index in [0.717, 1.165) is 54.9 Å². The second-order valence-corrected chi connectivity index (χ2v) is 11.9. The third-order valence-corrected chi connectivity index (χ3v) is 8.78. The predicted octanol–water partition coefficient (Wildman–Crippen LogP) is 10.4. The third kappa shape index (κ3) is 5.35. The van der Waals surface area contributed by atoms with Gasteiger partial charge in [-0.2, -0.15) is 0 Å². The molecule has 0 bridgehead atoms. The van der Waals surface area contributed by atoms with Crippen molar-refractivity contribution in [1.82, 2.24) is 29.9 Å². The highest BCUT2D eigenvalue weighted by Gasteiger charge is 2.24. The summed E-state index contributed by atoms with van der Waals surface area (Å²) in [4.78, 5) is 30.8. The predicted molar refractivity (Wildman–Crippen MR) is 201 cm³/mol. The van der Waals surface area contributed by atoms with E-state index in [9.17, 15) is 0 Å². The Morgan fingerprint density at radius 1 is 0.200 bits per heavy atom. The minimum absolute atomic E-state index is 0.539. The van der Waals surface area contributed by atoms with Crippen LogP contribution >= 0.6 is 0 Å². The summed E-state index contributed by atoms with van der Waals surface area (Å²) in [5.41, 5.74) is 5.27. The van der Waals surface area contributed by atoms with Gasteiger partial charge in [-0.3, -0.25) is 0 Å². The highest BCUT2D eigenvalue weighted by molar-refractivity contribution is 6.20. The van der Waals surface area contributed by atoms with E-state index in [1.807, 2.05) is 121 Å². The van der Waals surface area contributed by atoms with Gasteiger partial charge < -0.3 is 0 Å². The summed E-state index contributed by atoms with van der Waals surface area (Å²) >= 11 is 0. The second kappa shape index (κ2) is 12.6. The lowest BCUT2D eigenvalue weighted by molar-refractivity contribution is 1.06.